The predicted molar refractivity (Wildman–Crippen MR) is 25.8 cm³/mol. The molecule has 0 heterocycles. The fourth-order valence-corrected chi connectivity index (χ4v) is 0.514. The molecule has 1 aliphatic carbocycles. The van der Waals surface area contributed by atoms with Crippen LogP contribution in [0.25, 0.3) is 0 Å². The molecule has 44 valence electrons. The quantitative estimate of drug-likeness (QED) is 0.322. The molecule has 8 heavy (non-hydrogen) atoms. The van der Waals surface area contributed by atoms with Crippen LogP contribution < -0.4 is 0 Å². The minimum atomic E-state index is -1.13. The van der Waals surface area contributed by atoms with E-state index in [4.69, 9.17) is 15.3 Å². The maximum absolute atomic E-state index is 8.64. The standard InChI is InChI=1S/C5H6O3/c6-3-1-2-4(7)5(3)8/h3-8H. The number of rotatable bonds is 0. The largest absolute Gasteiger partial charge is 0.386 e. The second-order valence-electron chi connectivity index (χ2n) is 1.67. The molecule has 0 radical (unpaired) electrons. The van der Waals surface area contributed by atoms with Gasteiger partial charge in [-0.1, -0.05) is 11.8 Å². The van der Waals surface area contributed by atoms with E-state index in [1.165, 1.54) is 0 Å². The van der Waals surface area contributed by atoms with Crippen molar-refractivity contribution in [3.8, 4) is 11.8 Å². The van der Waals surface area contributed by atoms with Crippen LogP contribution in [0.2, 0.25) is 0 Å². The first-order chi connectivity index (χ1) is 3.72. The van der Waals surface area contributed by atoms with Crippen LogP contribution in [0.3, 0.4) is 0 Å². The van der Waals surface area contributed by atoms with Gasteiger partial charge in [0.25, 0.3) is 0 Å². The van der Waals surface area contributed by atoms with E-state index in [2.05, 4.69) is 11.8 Å². The van der Waals surface area contributed by atoms with Gasteiger partial charge in [-0.05, 0) is 0 Å². The Morgan fingerprint density at radius 3 is 1.38 bits per heavy atom. The molecule has 0 amide bonds. The minimum absolute atomic E-state index is 1.06. The highest BCUT2D eigenvalue weighted by atomic mass is 16.4. The molecule has 0 aromatic rings. The van der Waals surface area contributed by atoms with Gasteiger partial charge < -0.3 is 15.3 Å². The van der Waals surface area contributed by atoms with Gasteiger partial charge in [0.05, 0.1) is 0 Å². The Kier molecular flexibility index (Phi) is 1.22. The van der Waals surface area contributed by atoms with E-state index in [0.29, 0.717) is 0 Å². The van der Waals surface area contributed by atoms with Gasteiger partial charge in [0.1, 0.15) is 18.3 Å². The van der Waals surface area contributed by atoms with Crippen molar-refractivity contribution in [3.05, 3.63) is 0 Å². The van der Waals surface area contributed by atoms with Crippen molar-refractivity contribution in [1.29, 1.82) is 0 Å². The van der Waals surface area contributed by atoms with Crippen LogP contribution in [0.1, 0.15) is 0 Å². The molecular weight excluding hydrogens is 108 g/mol. The number of hydrogen-bond acceptors (Lipinski definition) is 3. The average Bonchev–Trinajstić information content (AvgIpc) is 1.98. The van der Waals surface area contributed by atoms with Gasteiger partial charge in [-0.15, -0.1) is 0 Å². The van der Waals surface area contributed by atoms with E-state index in [-0.39, 0.29) is 0 Å². The fraction of sp³-hybridized carbons (Fsp3) is 0.600. The van der Waals surface area contributed by atoms with Gasteiger partial charge in [-0.25, -0.2) is 0 Å². The number of aliphatic hydroxyl groups excluding tert-OH is 3. The van der Waals surface area contributed by atoms with Crippen molar-refractivity contribution in [2.24, 2.45) is 0 Å². The average molecular weight is 114 g/mol. The summed E-state index contributed by atoms with van der Waals surface area (Å²) in [6.07, 6.45) is -3.26. The fourth-order valence-electron chi connectivity index (χ4n) is 0.514. The van der Waals surface area contributed by atoms with Crippen LogP contribution in [0.15, 0.2) is 0 Å². The number of hydrogen-bond donors (Lipinski definition) is 3. The molecule has 0 aromatic carbocycles. The second-order valence-corrected chi connectivity index (χ2v) is 1.67. The molecule has 1 rings (SSSR count). The van der Waals surface area contributed by atoms with Gasteiger partial charge in [0, 0.05) is 0 Å². The maximum Gasteiger partial charge on any atom is 0.144 e. The second kappa shape index (κ2) is 1.75. The molecule has 2 atom stereocenters. The van der Waals surface area contributed by atoms with Crippen molar-refractivity contribution in [3.63, 3.8) is 0 Å². The third kappa shape index (κ3) is 0.693. The summed E-state index contributed by atoms with van der Waals surface area (Å²) in [7, 11) is 0. The van der Waals surface area contributed by atoms with E-state index < -0.39 is 18.3 Å². The summed E-state index contributed by atoms with van der Waals surface area (Å²) in [5, 5.41) is 25.8. The lowest BCUT2D eigenvalue weighted by Gasteiger charge is -2.07. The molecule has 0 saturated heterocycles. The molecule has 0 fully saturated rings. The molecular formula is C5H6O3. The third-order valence-corrected chi connectivity index (χ3v) is 1.03. The Balaban J connectivity index is 2.60. The van der Waals surface area contributed by atoms with E-state index in [1.54, 1.807) is 0 Å². The van der Waals surface area contributed by atoms with Crippen LogP contribution in [-0.2, 0) is 0 Å². The topological polar surface area (TPSA) is 60.7 Å². The Morgan fingerprint density at radius 1 is 0.875 bits per heavy atom. The predicted octanol–water partition coefficient (Wildman–Crippen LogP) is -1.91. The van der Waals surface area contributed by atoms with Gasteiger partial charge >= 0.3 is 0 Å². The minimum Gasteiger partial charge on any atom is -0.386 e. The lowest BCUT2D eigenvalue weighted by atomic mass is 10.2. The van der Waals surface area contributed by atoms with Crippen molar-refractivity contribution in [2.45, 2.75) is 18.3 Å². The molecule has 3 nitrogen and oxygen atoms in total. The van der Waals surface area contributed by atoms with Gasteiger partial charge in [-0.2, -0.15) is 0 Å². The van der Waals surface area contributed by atoms with Gasteiger partial charge in [-0.3, -0.25) is 0 Å². The van der Waals surface area contributed by atoms with Crippen molar-refractivity contribution in [2.75, 3.05) is 0 Å². The summed E-state index contributed by atoms with van der Waals surface area (Å²) < 4.78 is 0. The Hall–Kier alpha value is -0.560. The molecule has 1 aliphatic rings. The SMILES string of the molecule is OC1C#CC(O)C1O. The first kappa shape index (κ1) is 5.57. The van der Waals surface area contributed by atoms with E-state index in [0.717, 1.165) is 0 Å². The molecule has 0 aromatic heterocycles. The summed E-state index contributed by atoms with van der Waals surface area (Å²) in [6, 6.07) is 0. The van der Waals surface area contributed by atoms with Crippen LogP contribution in [-0.4, -0.2) is 33.6 Å². The lowest BCUT2D eigenvalue weighted by Crippen LogP contribution is -2.30. The van der Waals surface area contributed by atoms with Gasteiger partial charge in [0.15, 0.2) is 0 Å². The van der Waals surface area contributed by atoms with E-state index in [9.17, 15) is 0 Å². The van der Waals surface area contributed by atoms with E-state index >= 15 is 0 Å². The Bertz CT molecular complexity index is 129. The molecule has 0 aliphatic heterocycles. The van der Waals surface area contributed by atoms with Crippen LogP contribution in [0.4, 0.5) is 0 Å². The van der Waals surface area contributed by atoms with Crippen LogP contribution in [0, 0.1) is 11.8 Å². The normalized spacial score (nSPS) is 43.6. The van der Waals surface area contributed by atoms with Gasteiger partial charge in [0.2, 0.25) is 0 Å². The van der Waals surface area contributed by atoms with Crippen molar-refractivity contribution in [1.82, 2.24) is 0 Å². The van der Waals surface area contributed by atoms with Crippen LogP contribution >= 0.6 is 0 Å². The molecule has 0 spiro atoms. The van der Waals surface area contributed by atoms with E-state index in [1.807, 2.05) is 0 Å². The Labute approximate surface area is 46.6 Å². The maximum atomic E-state index is 8.64. The summed E-state index contributed by atoms with van der Waals surface area (Å²) in [5.74, 6) is 4.45. The summed E-state index contributed by atoms with van der Waals surface area (Å²) in [4.78, 5) is 0. The lowest BCUT2D eigenvalue weighted by molar-refractivity contribution is -0.00476. The highest BCUT2D eigenvalue weighted by Crippen LogP contribution is 2.03. The molecule has 3 heteroatoms. The molecule has 0 saturated carbocycles. The molecule has 3 N–H and O–H groups in total. The monoisotopic (exact) mass is 114 g/mol. The summed E-state index contributed by atoms with van der Waals surface area (Å²) in [6.45, 7) is 0. The third-order valence-electron chi connectivity index (χ3n) is 1.03. The zero-order valence-corrected chi connectivity index (χ0v) is 4.07. The molecule has 0 bridgehead atoms. The highest BCUT2D eigenvalue weighted by Gasteiger charge is 2.25. The van der Waals surface area contributed by atoms with Crippen molar-refractivity contribution < 1.29 is 15.3 Å². The summed E-state index contributed by atoms with van der Waals surface area (Å²) >= 11 is 0. The highest BCUT2D eigenvalue weighted by molar-refractivity contribution is 5.21. The summed E-state index contributed by atoms with van der Waals surface area (Å²) in [5.41, 5.74) is 0. The zero-order valence-electron chi connectivity index (χ0n) is 4.07. The van der Waals surface area contributed by atoms with Crippen molar-refractivity contribution >= 4 is 0 Å². The molecule has 2 unspecified atom stereocenters. The smallest absolute Gasteiger partial charge is 0.144 e. The Morgan fingerprint density at radius 2 is 1.25 bits per heavy atom. The zero-order chi connectivity index (χ0) is 6.15. The first-order valence-electron chi connectivity index (χ1n) is 2.27. The first-order valence-corrected chi connectivity index (χ1v) is 2.27. The van der Waals surface area contributed by atoms with Crippen LogP contribution in [0.5, 0.6) is 0 Å². The number of aliphatic hydroxyl groups is 3.